The van der Waals surface area contributed by atoms with Gasteiger partial charge < -0.3 is 15.3 Å². The summed E-state index contributed by atoms with van der Waals surface area (Å²) >= 11 is 1.19. The molecule has 2 amide bonds. The highest BCUT2D eigenvalue weighted by atomic mass is 32.1. The maximum atomic E-state index is 12.9. The van der Waals surface area contributed by atoms with Crippen molar-refractivity contribution in [1.82, 2.24) is 24.8 Å². The lowest BCUT2D eigenvalue weighted by molar-refractivity contribution is 0.0311. The van der Waals surface area contributed by atoms with Crippen molar-refractivity contribution in [3.8, 4) is 0 Å². The molecule has 0 bridgehead atoms. The largest absolute Gasteiger partial charge is 0.389 e. The fourth-order valence-corrected chi connectivity index (χ4v) is 3.30. The summed E-state index contributed by atoms with van der Waals surface area (Å²) in [6, 6.07) is 0.548. The van der Waals surface area contributed by atoms with Gasteiger partial charge in [-0.3, -0.25) is 14.7 Å². The van der Waals surface area contributed by atoms with E-state index in [0.29, 0.717) is 24.2 Å². The Balaban J connectivity index is 1.60. The Labute approximate surface area is 140 Å². The molecule has 0 aliphatic carbocycles. The van der Waals surface area contributed by atoms with Crippen molar-refractivity contribution in [3.63, 3.8) is 0 Å². The number of aliphatic hydroxyl groups excluding tert-OH is 1. The van der Waals surface area contributed by atoms with Crippen LogP contribution >= 0.6 is 11.5 Å². The van der Waals surface area contributed by atoms with Gasteiger partial charge in [0.2, 0.25) is 5.95 Å². The molecule has 1 aliphatic heterocycles. The topological polar surface area (TPSA) is 111 Å². The van der Waals surface area contributed by atoms with Crippen molar-refractivity contribution in [2.45, 2.75) is 25.5 Å². The van der Waals surface area contributed by atoms with Crippen LogP contribution in [-0.4, -0.2) is 61.6 Å². The van der Waals surface area contributed by atoms with Gasteiger partial charge in [-0.1, -0.05) is 0 Å². The number of β-amino-alcohol motifs (C(OH)–C–C–N with tert-alkyl or cyclic N) is 1. The number of amides is 2. The van der Waals surface area contributed by atoms with Crippen LogP contribution in [0.2, 0.25) is 0 Å². The minimum absolute atomic E-state index is 0.0397. The molecule has 0 saturated carbocycles. The summed E-state index contributed by atoms with van der Waals surface area (Å²) in [4.78, 5) is 25.8. The van der Waals surface area contributed by atoms with Crippen molar-refractivity contribution in [2.24, 2.45) is 0 Å². The van der Waals surface area contributed by atoms with Gasteiger partial charge >= 0.3 is 0 Å². The molecule has 3 rings (SSSR count). The third kappa shape index (κ3) is 3.29. The highest BCUT2D eigenvalue weighted by molar-refractivity contribution is 7.03. The lowest BCUT2D eigenvalue weighted by atomic mass is 10.0. The van der Waals surface area contributed by atoms with Crippen LogP contribution in [0, 0.1) is 12.9 Å². The number of likely N-dealkylation sites (tertiary alicyclic amines) is 1. The monoisotopic (exact) mass is 353 g/mol. The number of H-pyrrole nitrogens is 1. The van der Waals surface area contributed by atoms with E-state index in [2.05, 4.69) is 19.9 Å². The van der Waals surface area contributed by atoms with Crippen molar-refractivity contribution >= 4 is 23.3 Å². The molecule has 0 unspecified atom stereocenters. The Morgan fingerprint density at radius 3 is 2.92 bits per heavy atom. The summed E-state index contributed by atoms with van der Waals surface area (Å²) in [5, 5.41) is 20.3. The summed E-state index contributed by atoms with van der Waals surface area (Å²) in [6.07, 6.45) is -0.523. The van der Waals surface area contributed by atoms with E-state index in [9.17, 15) is 19.1 Å². The van der Waals surface area contributed by atoms with Crippen molar-refractivity contribution in [2.75, 3.05) is 13.1 Å². The molecule has 3 N–H and O–H groups in total. The number of halogens is 1. The van der Waals surface area contributed by atoms with Crippen molar-refractivity contribution in [3.05, 3.63) is 34.3 Å². The van der Waals surface area contributed by atoms with Crippen LogP contribution in [0.4, 0.5) is 4.39 Å². The van der Waals surface area contributed by atoms with Gasteiger partial charge in [-0.2, -0.15) is 13.9 Å². The number of aromatic nitrogens is 3. The predicted molar refractivity (Wildman–Crippen MR) is 83.2 cm³/mol. The standard InChI is InChI=1S/C14H16FN5O3S/c1-7-8(6-24-19-7)13(22)16-9-2-3-20(5-11(9)21)14(23)10-4-12(15)18-17-10/h4,6,9,11,21H,2-3,5H2,1H3,(H,16,22)(H,17,18)/t9-,11-/m1/s1. The number of hydrogen-bond donors (Lipinski definition) is 3. The van der Waals surface area contributed by atoms with Gasteiger partial charge in [0.05, 0.1) is 23.4 Å². The number of aromatic amines is 1. The van der Waals surface area contributed by atoms with Crippen LogP contribution in [-0.2, 0) is 0 Å². The molecule has 0 spiro atoms. The van der Waals surface area contributed by atoms with E-state index in [1.54, 1.807) is 12.3 Å². The Bertz CT molecular complexity index is 761. The predicted octanol–water partition coefficient (Wildman–Crippen LogP) is 0.319. The lowest BCUT2D eigenvalue weighted by Gasteiger charge is -2.35. The molecule has 0 radical (unpaired) electrons. The van der Waals surface area contributed by atoms with Crippen LogP contribution in [0.5, 0.6) is 0 Å². The van der Waals surface area contributed by atoms with Gasteiger partial charge in [0, 0.05) is 24.5 Å². The van der Waals surface area contributed by atoms with E-state index >= 15 is 0 Å². The maximum absolute atomic E-state index is 12.9. The normalized spacial score (nSPS) is 20.9. The molecule has 1 fully saturated rings. The number of hydrogen-bond acceptors (Lipinski definition) is 6. The number of carbonyl (C=O) groups excluding carboxylic acids is 2. The summed E-state index contributed by atoms with van der Waals surface area (Å²) < 4.78 is 17.0. The quantitative estimate of drug-likeness (QED) is 0.736. The van der Waals surface area contributed by atoms with E-state index < -0.39 is 24.0 Å². The summed E-state index contributed by atoms with van der Waals surface area (Å²) in [5.41, 5.74) is 1.08. The van der Waals surface area contributed by atoms with Crippen LogP contribution in [0.15, 0.2) is 11.4 Å². The highest BCUT2D eigenvalue weighted by Gasteiger charge is 2.32. The molecule has 2 atom stereocenters. The molecule has 128 valence electrons. The lowest BCUT2D eigenvalue weighted by Crippen LogP contribution is -2.55. The van der Waals surface area contributed by atoms with Crippen LogP contribution < -0.4 is 5.32 Å². The minimum atomic E-state index is -0.915. The summed E-state index contributed by atoms with van der Waals surface area (Å²) in [6.45, 7) is 2.11. The maximum Gasteiger partial charge on any atom is 0.274 e. The van der Waals surface area contributed by atoms with Crippen LogP contribution in [0.25, 0.3) is 0 Å². The second kappa shape index (κ2) is 6.65. The summed E-state index contributed by atoms with van der Waals surface area (Å²) in [7, 11) is 0. The minimum Gasteiger partial charge on any atom is -0.389 e. The van der Waals surface area contributed by atoms with Gasteiger partial charge in [0.1, 0.15) is 0 Å². The van der Waals surface area contributed by atoms with Gasteiger partial charge in [-0.25, -0.2) is 0 Å². The van der Waals surface area contributed by atoms with Crippen molar-refractivity contribution in [1.29, 1.82) is 0 Å². The van der Waals surface area contributed by atoms with Gasteiger partial charge in [-0.15, -0.1) is 0 Å². The molecular weight excluding hydrogens is 337 g/mol. The zero-order valence-electron chi connectivity index (χ0n) is 12.8. The van der Waals surface area contributed by atoms with Crippen molar-refractivity contribution < 1.29 is 19.1 Å². The number of carbonyl (C=O) groups is 2. The first-order chi connectivity index (χ1) is 11.5. The Morgan fingerprint density at radius 2 is 2.33 bits per heavy atom. The summed E-state index contributed by atoms with van der Waals surface area (Å²) in [5.74, 6) is -1.45. The smallest absolute Gasteiger partial charge is 0.274 e. The van der Waals surface area contributed by atoms with Gasteiger partial charge in [0.15, 0.2) is 5.69 Å². The fraction of sp³-hybridized carbons (Fsp3) is 0.429. The number of nitrogens with one attached hydrogen (secondary N) is 2. The number of aryl methyl sites for hydroxylation is 1. The fourth-order valence-electron chi connectivity index (χ4n) is 2.61. The Morgan fingerprint density at radius 1 is 1.54 bits per heavy atom. The number of aliphatic hydroxyl groups is 1. The zero-order chi connectivity index (χ0) is 17.3. The molecule has 0 aromatic carbocycles. The molecule has 2 aromatic heterocycles. The molecule has 2 aromatic rings. The van der Waals surface area contributed by atoms with Gasteiger partial charge in [0.25, 0.3) is 11.8 Å². The first-order valence-corrected chi connectivity index (χ1v) is 8.19. The second-order valence-corrected chi connectivity index (χ2v) is 6.23. The first-order valence-electron chi connectivity index (χ1n) is 7.36. The molecule has 24 heavy (non-hydrogen) atoms. The molecule has 3 heterocycles. The Kier molecular flexibility index (Phi) is 4.58. The third-order valence-electron chi connectivity index (χ3n) is 3.95. The second-order valence-electron chi connectivity index (χ2n) is 5.60. The van der Waals surface area contributed by atoms with E-state index in [0.717, 1.165) is 6.07 Å². The average Bonchev–Trinajstić information content (AvgIpc) is 3.17. The third-order valence-corrected chi connectivity index (χ3v) is 4.67. The molecule has 10 heteroatoms. The number of piperidine rings is 1. The highest BCUT2D eigenvalue weighted by Crippen LogP contribution is 2.16. The number of nitrogens with zero attached hydrogens (tertiary/aromatic N) is 3. The number of rotatable bonds is 3. The first kappa shape index (κ1) is 16.5. The van der Waals surface area contributed by atoms with E-state index in [4.69, 9.17) is 0 Å². The van der Waals surface area contributed by atoms with E-state index in [1.807, 2.05) is 0 Å². The van der Waals surface area contributed by atoms with E-state index in [1.165, 1.54) is 16.4 Å². The molecular formula is C14H16FN5O3S. The van der Waals surface area contributed by atoms with E-state index in [-0.39, 0.29) is 18.1 Å². The SMILES string of the molecule is Cc1nscc1C(=O)N[C@@H]1CCN(C(=O)c2cc(F)[nH]n2)C[C@H]1O. The zero-order valence-corrected chi connectivity index (χ0v) is 13.6. The molecule has 1 saturated heterocycles. The molecule has 1 aliphatic rings. The van der Waals surface area contributed by atoms with Crippen LogP contribution in [0.3, 0.4) is 0 Å². The van der Waals surface area contributed by atoms with Gasteiger partial charge in [-0.05, 0) is 24.9 Å². The molecule has 8 nitrogen and oxygen atoms in total. The average molecular weight is 353 g/mol. The van der Waals surface area contributed by atoms with Crippen LogP contribution in [0.1, 0.15) is 33.0 Å². The Hall–Kier alpha value is -2.33.